The van der Waals surface area contributed by atoms with E-state index in [0.29, 0.717) is 4.88 Å². The SMILES string of the molecule is CCCCCCc1ccc(C2(c3ccc(CCCCCC)cc3)c3cc4c(cc3-c3sc(/C=C/C5=C(C#N)C(=C(C#N)C#N)OC5(c5ccccc5)C(F)(F)F)cc32)C(c2ccc(CCCCCC)cc2)(c2ccc(CCCCCC)cc2)c2cc(-c3ccc(N(C)C)cc3)sc2-4)cc1. The van der Waals surface area contributed by atoms with E-state index < -0.39 is 45.1 Å². The zero-order valence-electron chi connectivity index (χ0n) is 58.2. The molecule has 504 valence electrons. The molecule has 1 unspecified atom stereocenters. The zero-order valence-corrected chi connectivity index (χ0v) is 59.8. The van der Waals surface area contributed by atoms with Crippen molar-refractivity contribution in [3.05, 3.63) is 282 Å². The Hall–Kier alpha value is -8.98. The van der Waals surface area contributed by atoms with Gasteiger partial charge in [-0.2, -0.15) is 29.0 Å². The van der Waals surface area contributed by atoms with E-state index in [0.717, 1.165) is 121 Å². The number of nitrogens with zero attached hydrogens (tertiary/aromatic N) is 4. The van der Waals surface area contributed by atoms with Crippen LogP contribution in [0.4, 0.5) is 18.9 Å². The first kappa shape index (κ1) is 69.9. The Balaban J connectivity index is 1.15. The van der Waals surface area contributed by atoms with Crippen LogP contribution in [-0.4, -0.2) is 20.3 Å². The van der Waals surface area contributed by atoms with Gasteiger partial charge in [0.05, 0.1) is 10.8 Å². The summed E-state index contributed by atoms with van der Waals surface area (Å²) in [5.41, 5.74) is 11.8. The molecule has 3 heterocycles. The lowest BCUT2D eigenvalue weighted by molar-refractivity contribution is -0.249. The fourth-order valence-electron chi connectivity index (χ4n) is 15.7. The van der Waals surface area contributed by atoms with Crippen LogP contribution < -0.4 is 4.90 Å². The summed E-state index contributed by atoms with van der Waals surface area (Å²) in [6.45, 7) is 9.00. The number of nitriles is 3. The highest BCUT2D eigenvalue weighted by Gasteiger charge is 2.65. The molecule has 5 nitrogen and oxygen atoms in total. The quantitative estimate of drug-likeness (QED) is 0.0345. The van der Waals surface area contributed by atoms with Crippen LogP contribution in [0, 0.1) is 34.0 Å². The molecule has 99 heavy (non-hydrogen) atoms. The molecule has 0 amide bonds. The lowest BCUT2D eigenvalue weighted by Crippen LogP contribution is -2.43. The molecule has 0 radical (unpaired) electrons. The summed E-state index contributed by atoms with van der Waals surface area (Å²) in [5.74, 6) is -0.698. The maximum absolute atomic E-state index is 16.4. The summed E-state index contributed by atoms with van der Waals surface area (Å²) < 4.78 is 55.2. The number of unbranched alkanes of at least 4 members (excludes halogenated alkanes) is 12. The number of alkyl halides is 3. The molecule has 9 aromatic rings. The highest BCUT2D eigenvalue weighted by atomic mass is 32.1. The summed E-state index contributed by atoms with van der Waals surface area (Å²) in [7, 11) is 4.16. The monoisotopic (exact) mass is 1350 g/mol. The molecule has 0 saturated carbocycles. The molecule has 7 aromatic carbocycles. The Morgan fingerprint density at radius 2 is 0.879 bits per heavy atom. The van der Waals surface area contributed by atoms with Crippen molar-refractivity contribution < 1.29 is 17.9 Å². The average molecular weight is 1350 g/mol. The molecule has 0 N–H and O–H groups in total. The summed E-state index contributed by atoms with van der Waals surface area (Å²) in [4.78, 5) is 6.20. The van der Waals surface area contributed by atoms with Crippen molar-refractivity contribution in [1.82, 2.24) is 0 Å². The molecule has 0 saturated heterocycles. The van der Waals surface area contributed by atoms with Gasteiger partial charge in [-0.05, 0) is 177 Å². The van der Waals surface area contributed by atoms with Gasteiger partial charge in [-0.1, -0.05) is 250 Å². The summed E-state index contributed by atoms with van der Waals surface area (Å²) in [6, 6.07) is 68.7. The topological polar surface area (TPSA) is 83.8 Å². The third-order valence-corrected chi connectivity index (χ3v) is 23.3. The molecule has 1 atom stereocenters. The second-order valence-corrected chi connectivity index (χ2v) is 29.6. The van der Waals surface area contributed by atoms with E-state index in [-0.39, 0.29) is 5.56 Å². The zero-order chi connectivity index (χ0) is 69.3. The molecule has 12 rings (SSSR count). The smallest absolute Gasteiger partial charge is 0.437 e. The van der Waals surface area contributed by atoms with Crippen LogP contribution in [0.15, 0.2) is 204 Å². The molecule has 1 aliphatic heterocycles. The Kier molecular flexibility index (Phi) is 21.6. The summed E-state index contributed by atoms with van der Waals surface area (Å²) in [5, 5.41) is 31.3. The van der Waals surface area contributed by atoms with Crippen molar-refractivity contribution >= 4 is 34.4 Å². The van der Waals surface area contributed by atoms with Crippen molar-refractivity contribution in [3.63, 3.8) is 0 Å². The molecule has 2 aromatic heterocycles. The van der Waals surface area contributed by atoms with Crippen molar-refractivity contribution in [2.45, 2.75) is 179 Å². The van der Waals surface area contributed by atoms with E-state index in [1.165, 1.54) is 153 Å². The molecule has 3 aliphatic rings. The van der Waals surface area contributed by atoms with E-state index in [2.05, 4.69) is 192 Å². The van der Waals surface area contributed by atoms with E-state index in [1.54, 1.807) is 24.3 Å². The standard InChI is InChI=1S/C89H89F3N4OS2/c1-7-11-15-20-26-61-32-42-67(43-33-61)86(68-44-34-62(35-45-68)27-21-16-12-8-2)78-56-75-79(55-74(78)84-80(86)54-73(98-84)52-53-77-76(60-95)83(66(58-93)59-94)97-88(77,89(90,91)92)71-30-24-19-25-31-71)87(69-46-36-63(37-47-69)28-22-17-13-9-3,70-48-38-64(39-49-70)29-23-18-14-10-4)81-57-82(99-85(75)81)65-40-50-72(51-41-65)96(5)6/h19,24-25,30-57H,7-18,20-23,26-29H2,1-6H3/b53-52+. The van der Waals surface area contributed by atoms with Crippen LogP contribution in [0.1, 0.15) is 208 Å². The number of aryl methyl sites for hydroxylation is 4. The van der Waals surface area contributed by atoms with Gasteiger partial charge < -0.3 is 9.64 Å². The maximum atomic E-state index is 16.4. The Morgan fingerprint density at radius 1 is 0.465 bits per heavy atom. The van der Waals surface area contributed by atoms with Crippen molar-refractivity contribution in [3.8, 4) is 49.5 Å². The molecule has 0 bridgehead atoms. The fourth-order valence-corrected chi connectivity index (χ4v) is 18.1. The van der Waals surface area contributed by atoms with E-state index in [1.807, 2.05) is 17.4 Å². The average Bonchev–Trinajstić information content (AvgIpc) is 1.50. The first-order chi connectivity index (χ1) is 48.2. The lowest BCUT2D eigenvalue weighted by atomic mass is 9.65. The first-order valence-electron chi connectivity index (χ1n) is 36.1. The number of benzene rings is 7. The number of allylic oxidation sites excluding steroid dienone is 2. The number of thiophene rings is 2. The Bertz CT molecular complexity index is 4420. The molecular formula is C89H89F3N4OS2. The second-order valence-electron chi connectivity index (χ2n) is 27.5. The third kappa shape index (κ3) is 13.2. The van der Waals surface area contributed by atoms with Crippen molar-refractivity contribution in [2.24, 2.45) is 0 Å². The van der Waals surface area contributed by atoms with Crippen LogP contribution in [-0.2, 0) is 46.9 Å². The number of hydrogen-bond acceptors (Lipinski definition) is 7. The molecule has 0 fully saturated rings. The molecule has 10 heteroatoms. The number of fused-ring (bicyclic) bond motifs is 6. The first-order valence-corrected chi connectivity index (χ1v) is 37.7. The van der Waals surface area contributed by atoms with Gasteiger partial charge in [0, 0.05) is 50.4 Å². The molecule has 0 spiro atoms. The minimum atomic E-state index is -5.15. The van der Waals surface area contributed by atoms with Crippen LogP contribution in [0.3, 0.4) is 0 Å². The van der Waals surface area contributed by atoms with Gasteiger partial charge in [0.2, 0.25) is 0 Å². The fraction of sp³-hybridized carbons (Fsp3) is 0.337. The lowest BCUT2D eigenvalue weighted by Gasteiger charge is -2.35. The molecular weight excluding hydrogens is 1260 g/mol. The second kappa shape index (κ2) is 30.6. The van der Waals surface area contributed by atoms with E-state index in [9.17, 15) is 15.8 Å². The van der Waals surface area contributed by atoms with Gasteiger partial charge in [0.1, 0.15) is 23.8 Å². The number of rotatable bonds is 29. The number of ether oxygens (including phenoxy) is 1. The highest BCUT2D eigenvalue weighted by molar-refractivity contribution is 7.19. The van der Waals surface area contributed by atoms with Gasteiger partial charge in [0.25, 0.3) is 5.60 Å². The van der Waals surface area contributed by atoms with Gasteiger partial charge in [0.15, 0.2) is 11.3 Å². The minimum absolute atomic E-state index is 0.289. The highest BCUT2D eigenvalue weighted by Crippen LogP contribution is 2.66. The van der Waals surface area contributed by atoms with Crippen molar-refractivity contribution in [1.29, 1.82) is 15.8 Å². The number of halogens is 3. The Labute approximate surface area is 593 Å². The number of anilines is 1. The minimum Gasteiger partial charge on any atom is -0.465 e. The van der Waals surface area contributed by atoms with Gasteiger partial charge in [-0.3, -0.25) is 0 Å². The predicted molar refractivity (Wildman–Crippen MR) is 403 cm³/mol. The predicted octanol–water partition coefficient (Wildman–Crippen LogP) is 24.4. The van der Waals surface area contributed by atoms with Gasteiger partial charge >= 0.3 is 6.18 Å². The van der Waals surface area contributed by atoms with Crippen LogP contribution in [0.5, 0.6) is 0 Å². The van der Waals surface area contributed by atoms with Gasteiger partial charge in [-0.25, -0.2) is 0 Å². The largest absolute Gasteiger partial charge is 0.465 e. The van der Waals surface area contributed by atoms with Crippen LogP contribution in [0.25, 0.3) is 37.4 Å². The third-order valence-electron chi connectivity index (χ3n) is 20.9. The van der Waals surface area contributed by atoms with Crippen LogP contribution in [0.2, 0.25) is 0 Å². The van der Waals surface area contributed by atoms with E-state index in [4.69, 9.17) is 4.74 Å². The van der Waals surface area contributed by atoms with E-state index >= 15 is 13.2 Å². The maximum Gasteiger partial charge on any atom is 0.437 e. The molecule has 2 aliphatic carbocycles. The number of hydrogen-bond donors (Lipinski definition) is 0. The Morgan fingerprint density at radius 3 is 1.26 bits per heavy atom. The summed E-state index contributed by atoms with van der Waals surface area (Å²) in [6.07, 6.45) is 20.4. The van der Waals surface area contributed by atoms with Crippen LogP contribution >= 0.6 is 22.7 Å². The van der Waals surface area contributed by atoms with Gasteiger partial charge in [-0.15, -0.1) is 22.7 Å². The summed E-state index contributed by atoms with van der Waals surface area (Å²) >= 11 is 3.39. The normalized spacial score (nSPS) is 15.5. The van der Waals surface area contributed by atoms with Crippen molar-refractivity contribution in [2.75, 3.05) is 19.0 Å².